The lowest BCUT2D eigenvalue weighted by atomic mass is 9.98. The first-order valence-electron chi connectivity index (χ1n) is 6.29. The van der Waals surface area contributed by atoms with Crippen LogP contribution in [0.3, 0.4) is 0 Å². The van der Waals surface area contributed by atoms with E-state index in [1.54, 1.807) is 11.9 Å². The lowest BCUT2D eigenvalue weighted by molar-refractivity contribution is -0.134. The van der Waals surface area contributed by atoms with E-state index in [1.807, 2.05) is 30.3 Å². The van der Waals surface area contributed by atoms with Crippen LogP contribution in [0.1, 0.15) is 12.0 Å². The fourth-order valence-electron chi connectivity index (χ4n) is 1.90. The summed E-state index contributed by atoms with van der Waals surface area (Å²) < 4.78 is 0. The van der Waals surface area contributed by atoms with E-state index in [9.17, 15) is 4.79 Å². The third kappa shape index (κ3) is 4.47. The number of nitrogens with zero attached hydrogens (tertiary/aromatic N) is 1. The van der Waals surface area contributed by atoms with Crippen LogP contribution in [0.5, 0.6) is 0 Å². The number of carbonyl (C=O) groups excluding carboxylic acids is 1. The van der Waals surface area contributed by atoms with Gasteiger partial charge in [-0.1, -0.05) is 30.3 Å². The third-order valence-electron chi connectivity index (χ3n) is 2.99. The van der Waals surface area contributed by atoms with Gasteiger partial charge in [0, 0.05) is 26.7 Å². The Hall–Kier alpha value is -1.39. The van der Waals surface area contributed by atoms with E-state index in [1.165, 1.54) is 0 Å². The lowest BCUT2D eigenvalue weighted by Gasteiger charge is -2.22. The second kappa shape index (κ2) is 7.84. The molecule has 0 heterocycles. The molecular weight excluding hydrogens is 228 g/mol. The van der Waals surface area contributed by atoms with Crippen LogP contribution < -0.4 is 5.73 Å². The van der Waals surface area contributed by atoms with Gasteiger partial charge in [0.2, 0.25) is 5.91 Å². The number of nitrogens with two attached hydrogens (primary N) is 1. The zero-order valence-corrected chi connectivity index (χ0v) is 10.9. The van der Waals surface area contributed by atoms with Gasteiger partial charge in [0.1, 0.15) is 0 Å². The highest BCUT2D eigenvalue weighted by Crippen LogP contribution is 2.10. The zero-order valence-electron chi connectivity index (χ0n) is 10.9. The summed E-state index contributed by atoms with van der Waals surface area (Å²) in [7, 11) is 1.76. The van der Waals surface area contributed by atoms with Crippen LogP contribution in [0, 0.1) is 5.92 Å². The van der Waals surface area contributed by atoms with Gasteiger partial charge < -0.3 is 15.7 Å². The zero-order chi connectivity index (χ0) is 13.4. The van der Waals surface area contributed by atoms with Gasteiger partial charge in [0.15, 0.2) is 0 Å². The number of aliphatic hydroxyl groups is 1. The molecule has 0 bridgehead atoms. The molecule has 1 aromatic carbocycles. The Kier molecular flexibility index (Phi) is 6.39. The van der Waals surface area contributed by atoms with Gasteiger partial charge in [0.25, 0.3) is 0 Å². The predicted octanol–water partition coefficient (Wildman–Crippen LogP) is 0.645. The Bertz CT molecular complexity index is 354. The largest absolute Gasteiger partial charge is 0.396 e. The van der Waals surface area contributed by atoms with Crippen molar-refractivity contribution in [2.24, 2.45) is 11.7 Å². The van der Waals surface area contributed by atoms with Gasteiger partial charge in [-0.15, -0.1) is 0 Å². The molecule has 0 saturated heterocycles. The first kappa shape index (κ1) is 14.7. The van der Waals surface area contributed by atoms with E-state index in [0.29, 0.717) is 25.9 Å². The second-order valence-electron chi connectivity index (χ2n) is 4.46. The Balaban J connectivity index is 2.57. The molecule has 0 aromatic heterocycles. The Morgan fingerprint density at radius 3 is 2.61 bits per heavy atom. The molecule has 0 radical (unpaired) electrons. The van der Waals surface area contributed by atoms with Crippen molar-refractivity contribution in [3.8, 4) is 0 Å². The summed E-state index contributed by atoms with van der Waals surface area (Å²) in [5, 5.41) is 8.77. The highest BCUT2D eigenvalue weighted by Gasteiger charge is 2.20. The van der Waals surface area contributed by atoms with Crippen molar-refractivity contribution in [2.75, 3.05) is 26.7 Å². The molecule has 18 heavy (non-hydrogen) atoms. The van der Waals surface area contributed by atoms with E-state index in [2.05, 4.69) is 0 Å². The van der Waals surface area contributed by atoms with Crippen molar-refractivity contribution >= 4 is 5.91 Å². The number of carbonyl (C=O) groups is 1. The molecule has 100 valence electrons. The summed E-state index contributed by atoms with van der Waals surface area (Å²) in [6.07, 6.45) is 1.27. The molecule has 4 heteroatoms. The maximum atomic E-state index is 12.1. The minimum Gasteiger partial charge on any atom is -0.396 e. The van der Waals surface area contributed by atoms with Crippen molar-refractivity contribution in [3.05, 3.63) is 35.9 Å². The number of amides is 1. The maximum absolute atomic E-state index is 12.1. The van der Waals surface area contributed by atoms with Gasteiger partial charge in [-0.25, -0.2) is 0 Å². The summed E-state index contributed by atoms with van der Waals surface area (Å²) in [4.78, 5) is 13.8. The molecular formula is C14H22N2O2. The average Bonchev–Trinajstić information content (AvgIpc) is 2.42. The Morgan fingerprint density at radius 1 is 1.39 bits per heavy atom. The molecule has 1 amide bonds. The van der Waals surface area contributed by atoms with Crippen LogP contribution in [0.15, 0.2) is 30.3 Å². The molecule has 0 fully saturated rings. The SMILES string of the molecule is CN(CCCO)C(=O)C(CN)Cc1ccccc1. The summed E-state index contributed by atoms with van der Waals surface area (Å²) in [6, 6.07) is 9.88. The van der Waals surface area contributed by atoms with Crippen LogP contribution in [-0.4, -0.2) is 42.7 Å². The van der Waals surface area contributed by atoms with Gasteiger partial charge in [0.05, 0.1) is 5.92 Å². The van der Waals surface area contributed by atoms with Crippen LogP contribution in [0.4, 0.5) is 0 Å². The number of aliphatic hydroxyl groups excluding tert-OH is 1. The van der Waals surface area contributed by atoms with Gasteiger partial charge in [-0.3, -0.25) is 4.79 Å². The minimum atomic E-state index is -0.184. The molecule has 1 rings (SSSR count). The predicted molar refractivity (Wildman–Crippen MR) is 72.0 cm³/mol. The van der Waals surface area contributed by atoms with E-state index in [-0.39, 0.29) is 18.4 Å². The third-order valence-corrected chi connectivity index (χ3v) is 2.99. The second-order valence-corrected chi connectivity index (χ2v) is 4.46. The van der Waals surface area contributed by atoms with E-state index in [0.717, 1.165) is 5.56 Å². The summed E-state index contributed by atoms with van der Waals surface area (Å²) in [5.74, 6) is -0.133. The molecule has 0 spiro atoms. The van der Waals surface area contributed by atoms with E-state index >= 15 is 0 Å². The maximum Gasteiger partial charge on any atom is 0.227 e. The fraction of sp³-hybridized carbons (Fsp3) is 0.500. The molecule has 1 unspecified atom stereocenters. The van der Waals surface area contributed by atoms with Crippen molar-refractivity contribution in [2.45, 2.75) is 12.8 Å². The van der Waals surface area contributed by atoms with Gasteiger partial charge in [-0.2, -0.15) is 0 Å². The minimum absolute atomic E-state index is 0.0507. The van der Waals surface area contributed by atoms with Gasteiger partial charge >= 0.3 is 0 Å². The highest BCUT2D eigenvalue weighted by atomic mass is 16.3. The van der Waals surface area contributed by atoms with E-state index in [4.69, 9.17) is 10.8 Å². The average molecular weight is 250 g/mol. The quantitative estimate of drug-likeness (QED) is 0.746. The Labute approximate surface area is 108 Å². The van der Waals surface area contributed by atoms with Crippen LogP contribution >= 0.6 is 0 Å². The van der Waals surface area contributed by atoms with Crippen molar-refractivity contribution in [3.63, 3.8) is 0 Å². The van der Waals surface area contributed by atoms with Crippen LogP contribution in [-0.2, 0) is 11.2 Å². The summed E-state index contributed by atoms with van der Waals surface area (Å²) in [6.45, 7) is 1.02. The van der Waals surface area contributed by atoms with Gasteiger partial charge in [-0.05, 0) is 18.4 Å². The molecule has 0 aliphatic carbocycles. The van der Waals surface area contributed by atoms with Crippen molar-refractivity contribution in [1.29, 1.82) is 0 Å². The summed E-state index contributed by atoms with van der Waals surface area (Å²) in [5.41, 5.74) is 6.81. The number of hydrogen-bond acceptors (Lipinski definition) is 3. The number of hydrogen-bond donors (Lipinski definition) is 2. The molecule has 0 saturated carbocycles. The topological polar surface area (TPSA) is 66.6 Å². The molecule has 1 aromatic rings. The molecule has 1 atom stereocenters. The smallest absolute Gasteiger partial charge is 0.227 e. The molecule has 3 N–H and O–H groups in total. The highest BCUT2D eigenvalue weighted by molar-refractivity contribution is 5.79. The van der Waals surface area contributed by atoms with Crippen LogP contribution in [0.25, 0.3) is 0 Å². The van der Waals surface area contributed by atoms with Crippen LogP contribution in [0.2, 0.25) is 0 Å². The first-order chi connectivity index (χ1) is 8.69. The monoisotopic (exact) mass is 250 g/mol. The van der Waals surface area contributed by atoms with E-state index < -0.39 is 0 Å². The first-order valence-corrected chi connectivity index (χ1v) is 6.29. The van der Waals surface area contributed by atoms with Crippen molar-refractivity contribution in [1.82, 2.24) is 4.90 Å². The normalized spacial score (nSPS) is 12.2. The molecule has 0 aliphatic rings. The lowest BCUT2D eigenvalue weighted by Crippen LogP contribution is -2.38. The number of benzene rings is 1. The molecule has 0 aliphatic heterocycles. The number of rotatable bonds is 7. The standard InChI is InChI=1S/C14H22N2O2/c1-16(8-5-9-17)14(18)13(11-15)10-12-6-3-2-4-7-12/h2-4,6-7,13,17H,5,8-11,15H2,1H3. The fourth-order valence-corrected chi connectivity index (χ4v) is 1.90. The molecule has 4 nitrogen and oxygen atoms in total. The summed E-state index contributed by atoms with van der Waals surface area (Å²) >= 11 is 0. The van der Waals surface area contributed by atoms with Crippen molar-refractivity contribution < 1.29 is 9.90 Å². The Morgan fingerprint density at radius 2 is 2.06 bits per heavy atom.